The van der Waals surface area contributed by atoms with E-state index in [1.165, 1.54) is 38.5 Å². The third-order valence-corrected chi connectivity index (χ3v) is 9.25. The summed E-state index contributed by atoms with van der Waals surface area (Å²) in [5.74, 6) is 0. The lowest BCUT2D eigenvalue weighted by molar-refractivity contribution is 0.865. The van der Waals surface area contributed by atoms with E-state index < -0.39 is 8.07 Å². The molecule has 78 valence electrons. The molecule has 0 unspecified atom stereocenters. The molecule has 0 fully saturated rings. The molecular formula is C14H18Si. The summed E-state index contributed by atoms with van der Waals surface area (Å²) in [6, 6.07) is 0. The molecule has 0 bridgehead atoms. The van der Waals surface area contributed by atoms with Crippen molar-refractivity contribution < 1.29 is 0 Å². The van der Waals surface area contributed by atoms with Gasteiger partial charge in [-0.25, -0.2) is 0 Å². The van der Waals surface area contributed by atoms with Crippen molar-refractivity contribution in [1.82, 2.24) is 0 Å². The van der Waals surface area contributed by atoms with Crippen LogP contribution >= 0.6 is 0 Å². The molecule has 0 aromatic rings. The molecule has 0 saturated heterocycles. The van der Waals surface area contributed by atoms with E-state index in [1.54, 1.807) is 15.6 Å². The number of rotatable bonds is 1. The van der Waals surface area contributed by atoms with Crippen molar-refractivity contribution in [3.63, 3.8) is 0 Å². The average molecular weight is 214 g/mol. The SMILES string of the molecule is C=C[Si]12C3=CCCC1=CCCC2=CCC3. The van der Waals surface area contributed by atoms with Crippen LogP contribution in [0.1, 0.15) is 38.5 Å². The highest BCUT2D eigenvalue weighted by Gasteiger charge is 2.44. The second-order valence-corrected chi connectivity index (χ2v) is 8.77. The van der Waals surface area contributed by atoms with Gasteiger partial charge in [-0.05, 0) is 38.5 Å². The van der Waals surface area contributed by atoms with Crippen molar-refractivity contribution in [3.05, 3.63) is 46.1 Å². The van der Waals surface area contributed by atoms with Crippen LogP contribution in [0.4, 0.5) is 0 Å². The Morgan fingerprint density at radius 1 is 0.867 bits per heavy atom. The highest BCUT2D eigenvalue weighted by molar-refractivity contribution is 7.02. The van der Waals surface area contributed by atoms with Crippen LogP contribution in [-0.4, -0.2) is 8.07 Å². The minimum Gasteiger partial charge on any atom is -0.106 e. The Kier molecular flexibility index (Phi) is 2.10. The lowest BCUT2D eigenvalue weighted by Crippen LogP contribution is -2.46. The van der Waals surface area contributed by atoms with Crippen molar-refractivity contribution >= 4 is 8.07 Å². The first-order chi connectivity index (χ1) is 7.38. The minimum atomic E-state index is -1.47. The van der Waals surface area contributed by atoms with Crippen LogP contribution in [0.25, 0.3) is 0 Å². The quantitative estimate of drug-likeness (QED) is 0.580. The summed E-state index contributed by atoms with van der Waals surface area (Å²) < 4.78 is 0. The van der Waals surface area contributed by atoms with Crippen molar-refractivity contribution in [2.75, 3.05) is 0 Å². The minimum absolute atomic E-state index is 1.27. The van der Waals surface area contributed by atoms with Gasteiger partial charge in [0.1, 0.15) is 0 Å². The monoisotopic (exact) mass is 214 g/mol. The topological polar surface area (TPSA) is 0 Å². The summed E-state index contributed by atoms with van der Waals surface area (Å²) in [4.78, 5) is 0. The Balaban J connectivity index is 2.25. The maximum Gasteiger partial charge on any atom is 0.158 e. The fourth-order valence-electron chi connectivity index (χ4n) is 3.60. The average Bonchev–Trinajstić information content (AvgIpc) is 2.30. The lowest BCUT2D eigenvalue weighted by atomic mass is 10.1. The van der Waals surface area contributed by atoms with Crippen molar-refractivity contribution in [2.45, 2.75) is 38.5 Å². The van der Waals surface area contributed by atoms with Gasteiger partial charge in [-0.15, -0.1) is 6.58 Å². The normalized spacial score (nSPS) is 27.1. The largest absolute Gasteiger partial charge is 0.158 e. The molecule has 0 aliphatic carbocycles. The zero-order valence-electron chi connectivity index (χ0n) is 9.26. The fraction of sp³-hybridized carbons (Fsp3) is 0.429. The fourth-order valence-corrected chi connectivity index (χ4v) is 8.64. The highest BCUT2D eigenvalue weighted by Crippen LogP contribution is 2.47. The van der Waals surface area contributed by atoms with E-state index in [2.05, 4.69) is 30.5 Å². The first-order valence-corrected chi connectivity index (χ1v) is 8.18. The second kappa shape index (κ2) is 3.34. The molecule has 1 heteroatoms. The van der Waals surface area contributed by atoms with E-state index in [9.17, 15) is 0 Å². The molecule has 3 aliphatic rings. The number of allylic oxidation sites excluding steroid dienone is 6. The van der Waals surface area contributed by atoms with Gasteiger partial charge in [-0.2, -0.15) is 0 Å². The second-order valence-electron chi connectivity index (χ2n) is 4.82. The molecule has 3 rings (SSSR count). The van der Waals surface area contributed by atoms with Crippen LogP contribution in [0.3, 0.4) is 0 Å². The number of hydrogen-bond acceptors (Lipinski definition) is 0. The van der Waals surface area contributed by atoms with Gasteiger partial charge in [0.2, 0.25) is 0 Å². The van der Waals surface area contributed by atoms with Crippen LogP contribution in [-0.2, 0) is 0 Å². The maximum absolute atomic E-state index is 4.18. The summed E-state index contributed by atoms with van der Waals surface area (Å²) in [7, 11) is -1.47. The molecular weight excluding hydrogens is 196 g/mol. The molecule has 15 heavy (non-hydrogen) atoms. The Morgan fingerprint density at radius 2 is 1.27 bits per heavy atom. The van der Waals surface area contributed by atoms with Gasteiger partial charge in [0, 0.05) is 0 Å². The predicted molar refractivity (Wildman–Crippen MR) is 67.9 cm³/mol. The molecule has 0 aromatic heterocycles. The Hall–Kier alpha value is -0.823. The van der Waals surface area contributed by atoms with Gasteiger partial charge in [0.25, 0.3) is 0 Å². The number of hydrogen-bond donors (Lipinski definition) is 0. The van der Waals surface area contributed by atoms with E-state index in [0.717, 1.165) is 0 Å². The first-order valence-electron chi connectivity index (χ1n) is 6.10. The third-order valence-electron chi connectivity index (χ3n) is 4.24. The summed E-state index contributed by atoms with van der Waals surface area (Å²) in [6.45, 7) is 4.18. The Bertz CT molecular complexity index is 341. The molecule has 0 nitrogen and oxygen atoms in total. The van der Waals surface area contributed by atoms with Gasteiger partial charge in [-0.3, -0.25) is 0 Å². The standard InChI is InChI=1S/C14H18Si/c1-2-15-12-6-3-7-13(15)9-5-11-14(15)10-4-8-12/h2,6,9-10H,1,3-5,7-8,11H2. The zero-order chi connectivity index (χ0) is 10.3. The van der Waals surface area contributed by atoms with E-state index in [1.807, 2.05) is 0 Å². The van der Waals surface area contributed by atoms with E-state index in [0.29, 0.717) is 0 Å². The molecule has 3 aliphatic heterocycles. The Morgan fingerprint density at radius 3 is 1.60 bits per heavy atom. The van der Waals surface area contributed by atoms with E-state index in [-0.39, 0.29) is 0 Å². The van der Waals surface area contributed by atoms with Crippen LogP contribution in [0.2, 0.25) is 0 Å². The van der Waals surface area contributed by atoms with Crippen molar-refractivity contribution in [3.8, 4) is 0 Å². The summed E-state index contributed by atoms with van der Waals surface area (Å²) in [5.41, 5.74) is 2.34. The lowest BCUT2D eigenvalue weighted by Gasteiger charge is -2.44. The molecule has 0 amide bonds. The zero-order valence-corrected chi connectivity index (χ0v) is 10.3. The van der Waals surface area contributed by atoms with Crippen molar-refractivity contribution in [2.24, 2.45) is 0 Å². The molecule has 0 atom stereocenters. The first kappa shape index (κ1) is 9.41. The van der Waals surface area contributed by atoms with Crippen LogP contribution in [0.15, 0.2) is 46.1 Å². The van der Waals surface area contributed by atoms with Crippen molar-refractivity contribution in [1.29, 1.82) is 0 Å². The van der Waals surface area contributed by atoms with Gasteiger partial charge in [0.15, 0.2) is 8.07 Å². The summed E-state index contributed by atoms with van der Waals surface area (Å²) in [6.07, 6.45) is 15.3. The van der Waals surface area contributed by atoms with Gasteiger partial charge >= 0.3 is 0 Å². The highest BCUT2D eigenvalue weighted by atomic mass is 28.3. The van der Waals surface area contributed by atoms with Gasteiger partial charge < -0.3 is 0 Å². The van der Waals surface area contributed by atoms with E-state index >= 15 is 0 Å². The Labute approximate surface area is 93.1 Å². The third kappa shape index (κ3) is 1.13. The smallest absolute Gasteiger partial charge is 0.106 e. The predicted octanol–water partition coefficient (Wildman–Crippen LogP) is 3.94. The molecule has 0 N–H and O–H groups in total. The summed E-state index contributed by atoms with van der Waals surface area (Å²) in [5, 5.41) is 5.31. The van der Waals surface area contributed by atoms with Gasteiger partial charge in [0.05, 0.1) is 0 Å². The summed E-state index contributed by atoms with van der Waals surface area (Å²) >= 11 is 0. The molecule has 0 radical (unpaired) electrons. The molecule has 0 saturated carbocycles. The van der Waals surface area contributed by atoms with E-state index in [4.69, 9.17) is 0 Å². The van der Waals surface area contributed by atoms with Crippen LogP contribution < -0.4 is 0 Å². The molecule has 0 aromatic carbocycles. The molecule has 3 heterocycles. The van der Waals surface area contributed by atoms with Crippen LogP contribution in [0.5, 0.6) is 0 Å². The van der Waals surface area contributed by atoms with Gasteiger partial charge in [-0.1, -0.05) is 39.5 Å². The maximum atomic E-state index is 4.18. The van der Waals surface area contributed by atoms with Crippen LogP contribution in [0, 0.1) is 0 Å². The molecule has 0 spiro atoms.